The minimum absolute atomic E-state index is 0.0802. The molecular formula is C29H47N5O3. The molecule has 1 saturated carbocycles. The van der Waals surface area contributed by atoms with Crippen LogP contribution in [0.5, 0.6) is 0 Å². The lowest BCUT2D eigenvalue weighted by molar-refractivity contribution is -0.156. The first-order valence-corrected chi connectivity index (χ1v) is 14.4. The van der Waals surface area contributed by atoms with E-state index in [1.807, 2.05) is 44.0 Å². The predicted molar refractivity (Wildman–Crippen MR) is 147 cm³/mol. The number of likely N-dealkylation sites (tertiary alicyclic amines) is 1. The first-order valence-electron chi connectivity index (χ1n) is 14.4. The quantitative estimate of drug-likeness (QED) is 0.548. The molecule has 0 spiro atoms. The number of rotatable bonds is 7. The summed E-state index contributed by atoms with van der Waals surface area (Å²) >= 11 is 0. The van der Waals surface area contributed by atoms with Crippen LogP contribution in [0.15, 0.2) is 24.4 Å². The highest BCUT2D eigenvalue weighted by molar-refractivity contribution is 5.75. The summed E-state index contributed by atoms with van der Waals surface area (Å²) in [6.07, 6.45) is 10.0. The third-order valence-corrected chi connectivity index (χ3v) is 8.12. The Hall–Kier alpha value is -2.35. The topological polar surface area (TPSA) is 78.0 Å². The van der Waals surface area contributed by atoms with Crippen LogP contribution < -0.4 is 10.2 Å². The number of pyridine rings is 1. The third kappa shape index (κ3) is 8.59. The fourth-order valence-corrected chi connectivity index (χ4v) is 6.06. The van der Waals surface area contributed by atoms with Crippen LogP contribution in [0.25, 0.3) is 0 Å². The number of aromatic nitrogens is 1. The van der Waals surface area contributed by atoms with Crippen LogP contribution in [0.4, 0.5) is 10.6 Å². The Morgan fingerprint density at radius 2 is 1.76 bits per heavy atom. The highest BCUT2D eigenvalue weighted by Crippen LogP contribution is 2.31. The molecule has 1 aromatic rings. The van der Waals surface area contributed by atoms with Crippen molar-refractivity contribution in [3.8, 4) is 0 Å². The number of nitrogens with zero attached hydrogens (tertiary/aromatic N) is 4. The van der Waals surface area contributed by atoms with Crippen LogP contribution in [0.1, 0.15) is 72.1 Å². The maximum Gasteiger partial charge on any atom is 0.317 e. The molecule has 8 heteroatoms. The van der Waals surface area contributed by atoms with Gasteiger partial charge in [-0.15, -0.1) is 0 Å². The number of ether oxygens (including phenoxy) is 1. The molecule has 2 unspecified atom stereocenters. The van der Waals surface area contributed by atoms with Crippen molar-refractivity contribution >= 4 is 17.8 Å². The summed E-state index contributed by atoms with van der Waals surface area (Å²) in [6, 6.07) is 6.47. The molecule has 0 aromatic carbocycles. The summed E-state index contributed by atoms with van der Waals surface area (Å²) in [7, 11) is 0. The Bertz CT molecular complexity index is 860. The van der Waals surface area contributed by atoms with Crippen molar-refractivity contribution in [2.75, 3.05) is 50.7 Å². The molecule has 2 aliphatic heterocycles. The number of carbonyl (C=O) groups is 2. The summed E-state index contributed by atoms with van der Waals surface area (Å²) in [5.74, 6) is 1.48. The van der Waals surface area contributed by atoms with E-state index in [2.05, 4.69) is 26.2 Å². The van der Waals surface area contributed by atoms with Gasteiger partial charge in [0.1, 0.15) is 11.4 Å². The zero-order valence-corrected chi connectivity index (χ0v) is 23.2. The molecule has 0 radical (unpaired) electrons. The number of anilines is 1. The van der Waals surface area contributed by atoms with E-state index < -0.39 is 5.60 Å². The van der Waals surface area contributed by atoms with Crippen molar-refractivity contribution in [1.82, 2.24) is 20.1 Å². The average Bonchev–Trinajstić information content (AvgIpc) is 2.88. The molecule has 3 fully saturated rings. The van der Waals surface area contributed by atoms with Crippen molar-refractivity contribution in [3.63, 3.8) is 0 Å². The fraction of sp³-hybridized carbons (Fsp3) is 0.759. The van der Waals surface area contributed by atoms with Gasteiger partial charge in [-0.25, -0.2) is 9.78 Å². The van der Waals surface area contributed by atoms with Crippen LogP contribution in [-0.2, 0) is 9.53 Å². The Morgan fingerprint density at radius 1 is 1.00 bits per heavy atom. The van der Waals surface area contributed by atoms with Crippen molar-refractivity contribution in [3.05, 3.63) is 24.4 Å². The lowest BCUT2D eigenvalue weighted by atomic mass is 9.81. The Morgan fingerprint density at radius 3 is 2.43 bits per heavy atom. The zero-order valence-electron chi connectivity index (χ0n) is 23.2. The van der Waals surface area contributed by atoms with Crippen molar-refractivity contribution < 1.29 is 14.3 Å². The minimum atomic E-state index is -0.472. The van der Waals surface area contributed by atoms with E-state index in [1.165, 1.54) is 19.3 Å². The molecule has 1 aromatic heterocycles. The van der Waals surface area contributed by atoms with Gasteiger partial charge < -0.3 is 19.9 Å². The Labute approximate surface area is 223 Å². The van der Waals surface area contributed by atoms with Gasteiger partial charge in [0.15, 0.2) is 0 Å². The normalized spacial score (nSPS) is 24.1. The standard InChI is InChI=1S/C29H47N5O3/c1-29(2,3)37-27(35)21-23-13-16-34(28(36)31-25-9-5-4-6-10-25)22-24(23)12-15-32-17-19-33(20-18-32)26-11-7-8-14-30-26/h7-8,11,14,23-25H,4-6,9-10,12-13,15-22H2,1-3H3,(H,31,36). The third-order valence-electron chi connectivity index (χ3n) is 8.12. The van der Waals surface area contributed by atoms with Crippen molar-refractivity contribution in [2.24, 2.45) is 11.8 Å². The maximum atomic E-state index is 13.1. The van der Waals surface area contributed by atoms with Crippen molar-refractivity contribution in [1.29, 1.82) is 0 Å². The van der Waals surface area contributed by atoms with Gasteiger partial charge in [-0.1, -0.05) is 25.3 Å². The van der Waals surface area contributed by atoms with Gasteiger partial charge in [0, 0.05) is 57.9 Å². The molecule has 0 bridgehead atoms. The van der Waals surface area contributed by atoms with Gasteiger partial charge in [0.2, 0.25) is 0 Å². The molecule has 4 rings (SSSR count). The number of piperazine rings is 1. The van der Waals surface area contributed by atoms with Crippen LogP contribution in [0.3, 0.4) is 0 Å². The lowest BCUT2D eigenvalue weighted by Crippen LogP contribution is -2.52. The monoisotopic (exact) mass is 513 g/mol. The number of nitrogens with one attached hydrogen (secondary N) is 1. The lowest BCUT2D eigenvalue weighted by Gasteiger charge is -2.41. The zero-order chi connectivity index (χ0) is 26.3. The largest absolute Gasteiger partial charge is 0.460 e. The number of urea groups is 1. The number of amides is 2. The highest BCUT2D eigenvalue weighted by Gasteiger charge is 2.35. The molecule has 3 heterocycles. The number of hydrogen-bond acceptors (Lipinski definition) is 6. The second-order valence-electron chi connectivity index (χ2n) is 12.1. The van der Waals surface area contributed by atoms with E-state index in [0.717, 1.165) is 70.8 Å². The second kappa shape index (κ2) is 12.9. The summed E-state index contributed by atoms with van der Waals surface area (Å²) in [5.41, 5.74) is -0.472. The summed E-state index contributed by atoms with van der Waals surface area (Å²) in [4.78, 5) is 37.2. The summed E-state index contributed by atoms with van der Waals surface area (Å²) in [5, 5.41) is 3.30. The maximum absolute atomic E-state index is 13.1. The summed E-state index contributed by atoms with van der Waals surface area (Å²) in [6.45, 7) is 12.1. The number of piperidine rings is 1. The van der Waals surface area contributed by atoms with Gasteiger partial charge >= 0.3 is 12.0 Å². The van der Waals surface area contributed by atoms with E-state index in [4.69, 9.17) is 4.74 Å². The number of esters is 1. The van der Waals surface area contributed by atoms with Crippen LogP contribution >= 0.6 is 0 Å². The molecule has 37 heavy (non-hydrogen) atoms. The fourth-order valence-electron chi connectivity index (χ4n) is 6.06. The van der Waals surface area contributed by atoms with E-state index in [0.29, 0.717) is 24.9 Å². The molecule has 8 nitrogen and oxygen atoms in total. The molecule has 206 valence electrons. The first kappa shape index (κ1) is 27.7. The molecule has 3 aliphatic rings. The smallest absolute Gasteiger partial charge is 0.317 e. The number of carbonyl (C=O) groups excluding carboxylic acids is 2. The minimum Gasteiger partial charge on any atom is -0.460 e. The Kier molecular flexibility index (Phi) is 9.68. The van der Waals surface area contributed by atoms with Crippen LogP contribution in [-0.4, -0.2) is 84.2 Å². The van der Waals surface area contributed by atoms with Crippen LogP contribution in [0, 0.1) is 11.8 Å². The van der Waals surface area contributed by atoms with E-state index >= 15 is 0 Å². The second-order valence-corrected chi connectivity index (χ2v) is 12.1. The van der Waals surface area contributed by atoms with Gasteiger partial charge in [-0.2, -0.15) is 0 Å². The molecule has 2 saturated heterocycles. The van der Waals surface area contributed by atoms with E-state index in [1.54, 1.807) is 0 Å². The highest BCUT2D eigenvalue weighted by atomic mass is 16.6. The SMILES string of the molecule is CC(C)(C)OC(=O)CC1CCN(C(=O)NC2CCCCC2)CC1CCN1CCN(c2ccccn2)CC1. The van der Waals surface area contributed by atoms with E-state index in [9.17, 15) is 9.59 Å². The molecule has 1 N–H and O–H groups in total. The first-order chi connectivity index (χ1) is 17.8. The van der Waals surface area contributed by atoms with E-state index in [-0.39, 0.29) is 17.9 Å². The molecule has 2 atom stereocenters. The Balaban J connectivity index is 1.31. The van der Waals surface area contributed by atoms with Crippen molar-refractivity contribution in [2.45, 2.75) is 83.8 Å². The van der Waals surface area contributed by atoms with Gasteiger partial charge in [0.25, 0.3) is 0 Å². The summed E-state index contributed by atoms with van der Waals surface area (Å²) < 4.78 is 5.66. The van der Waals surface area contributed by atoms with Crippen LogP contribution in [0.2, 0.25) is 0 Å². The number of hydrogen-bond donors (Lipinski definition) is 1. The molecule has 2 amide bonds. The molecular weight excluding hydrogens is 466 g/mol. The average molecular weight is 514 g/mol. The van der Waals surface area contributed by atoms with Gasteiger partial charge in [-0.3, -0.25) is 9.69 Å². The molecule has 1 aliphatic carbocycles. The van der Waals surface area contributed by atoms with Gasteiger partial charge in [0.05, 0.1) is 0 Å². The predicted octanol–water partition coefficient (Wildman–Crippen LogP) is 4.31. The van der Waals surface area contributed by atoms with Gasteiger partial charge in [-0.05, 0) is 77.0 Å².